The summed E-state index contributed by atoms with van der Waals surface area (Å²) in [7, 11) is 0. The van der Waals surface area contributed by atoms with Crippen molar-refractivity contribution in [2.24, 2.45) is 0 Å². The lowest BCUT2D eigenvalue weighted by Gasteiger charge is -2.24. The number of nitrogens with one attached hydrogen (secondary N) is 1. The van der Waals surface area contributed by atoms with Crippen molar-refractivity contribution in [1.29, 1.82) is 0 Å². The first-order valence-electron chi connectivity index (χ1n) is 4.58. The molecule has 12 heavy (non-hydrogen) atoms. The first-order valence-corrected chi connectivity index (χ1v) is 4.58. The maximum Gasteiger partial charge on any atom is 0.105 e. The highest BCUT2D eigenvalue weighted by Gasteiger charge is 2.15. The third kappa shape index (κ3) is 1.37. The highest BCUT2D eigenvalue weighted by molar-refractivity contribution is 4.93. The van der Waals surface area contributed by atoms with Gasteiger partial charge >= 0.3 is 0 Å². The second-order valence-corrected chi connectivity index (χ2v) is 3.36. The number of aryl methyl sites for hydroxylation is 1. The molecule has 1 N–H and O–H groups in total. The van der Waals surface area contributed by atoms with Crippen LogP contribution in [0.4, 0.5) is 0 Å². The van der Waals surface area contributed by atoms with Crippen LogP contribution in [0.1, 0.15) is 24.7 Å². The topological polar surface area (TPSA) is 29.9 Å². The monoisotopic (exact) mass is 165 g/mol. The molecule has 0 aromatic carbocycles. The lowest BCUT2D eigenvalue weighted by atomic mass is 10.1. The summed E-state index contributed by atoms with van der Waals surface area (Å²) in [5.41, 5.74) is 0. The molecule has 0 radical (unpaired) electrons. The summed E-state index contributed by atoms with van der Waals surface area (Å²) in [5, 5.41) is 3.36. The van der Waals surface area contributed by atoms with E-state index in [0.29, 0.717) is 6.04 Å². The Morgan fingerprint density at radius 3 is 2.83 bits per heavy atom. The summed E-state index contributed by atoms with van der Waals surface area (Å²) in [6, 6.07) is 0.675. The van der Waals surface area contributed by atoms with Crippen molar-refractivity contribution < 1.29 is 0 Å². The molecular weight excluding hydrogens is 150 g/mol. The van der Waals surface area contributed by atoms with E-state index in [4.69, 9.17) is 0 Å². The van der Waals surface area contributed by atoms with Crippen molar-refractivity contribution in [3.63, 3.8) is 0 Å². The molecule has 0 saturated carbocycles. The zero-order valence-electron chi connectivity index (χ0n) is 7.45. The molecule has 0 amide bonds. The molecule has 3 nitrogen and oxygen atoms in total. The molecule has 0 spiro atoms. The van der Waals surface area contributed by atoms with Crippen molar-refractivity contribution in [3.8, 4) is 0 Å². The second kappa shape index (κ2) is 3.27. The number of hydrogen-bond donors (Lipinski definition) is 1. The molecule has 1 aliphatic heterocycles. The Labute approximate surface area is 72.8 Å². The van der Waals surface area contributed by atoms with Gasteiger partial charge in [-0.05, 0) is 32.9 Å². The molecule has 1 fully saturated rings. The SMILES string of the molecule is Cc1nccn1C1CCNCC1. The van der Waals surface area contributed by atoms with Gasteiger partial charge in [0.1, 0.15) is 5.82 Å². The van der Waals surface area contributed by atoms with Crippen LogP contribution >= 0.6 is 0 Å². The highest BCUT2D eigenvalue weighted by atomic mass is 15.1. The summed E-state index contributed by atoms with van der Waals surface area (Å²) in [5.74, 6) is 1.14. The van der Waals surface area contributed by atoms with Crippen LogP contribution in [0.15, 0.2) is 12.4 Å². The van der Waals surface area contributed by atoms with E-state index in [1.54, 1.807) is 0 Å². The van der Waals surface area contributed by atoms with Crippen molar-refractivity contribution in [2.75, 3.05) is 13.1 Å². The lowest BCUT2D eigenvalue weighted by Crippen LogP contribution is -2.29. The van der Waals surface area contributed by atoms with Gasteiger partial charge in [-0.2, -0.15) is 0 Å². The van der Waals surface area contributed by atoms with E-state index in [-0.39, 0.29) is 0 Å². The molecule has 0 atom stereocenters. The molecule has 1 aromatic heterocycles. The summed E-state index contributed by atoms with van der Waals surface area (Å²) in [6.07, 6.45) is 6.44. The summed E-state index contributed by atoms with van der Waals surface area (Å²) < 4.78 is 2.29. The molecule has 0 unspecified atom stereocenters. The van der Waals surface area contributed by atoms with Gasteiger partial charge in [0.15, 0.2) is 0 Å². The zero-order valence-corrected chi connectivity index (χ0v) is 7.45. The van der Waals surface area contributed by atoms with Crippen molar-refractivity contribution >= 4 is 0 Å². The van der Waals surface area contributed by atoms with Crippen molar-refractivity contribution in [2.45, 2.75) is 25.8 Å². The quantitative estimate of drug-likeness (QED) is 0.675. The third-order valence-electron chi connectivity index (χ3n) is 2.56. The third-order valence-corrected chi connectivity index (χ3v) is 2.56. The first kappa shape index (κ1) is 7.80. The van der Waals surface area contributed by atoms with Gasteiger partial charge in [0.2, 0.25) is 0 Å². The van der Waals surface area contributed by atoms with E-state index in [9.17, 15) is 0 Å². The number of rotatable bonds is 1. The van der Waals surface area contributed by atoms with Crippen LogP contribution in [-0.4, -0.2) is 22.6 Å². The van der Waals surface area contributed by atoms with Gasteiger partial charge in [0.05, 0.1) is 0 Å². The van der Waals surface area contributed by atoms with Gasteiger partial charge in [0.25, 0.3) is 0 Å². The fourth-order valence-electron chi connectivity index (χ4n) is 1.86. The normalized spacial score (nSPS) is 19.8. The van der Waals surface area contributed by atoms with Crippen LogP contribution < -0.4 is 5.32 Å². The Morgan fingerprint density at radius 1 is 1.50 bits per heavy atom. The maximum absolute atomic E-state index is 4.23. The fraction of sp³-hybridized carbons (Fsp3) is 0.667. The average molecular weight is 165 g/mol. The molecule has 2 heterocycles. The van der Waals surface area contributed by atoms with Crippen LogP contribution in [0.25, 0.3) is 0 Å². The Balaban J connectivity index is 2.13. The minimum Gasteiger partial charge on any atom is -0.332 e. The predicted molar refractivity (Wildman–Crippen MR) is 48.1 cm³/mol. The number of hydrogen-bond acceptors (Lipinski definition) is 2. The number of nitrogens with zero attached hydrogens (tertiary/aromatic N) is 2. The molecule has 0 bridgehead atoms. The number of imidazole rings is 1. The van der Waals surface area contributed by atoms with Crippen molar-refractivity contribution in [3.05, 3.63) is 18.2 Å². The van der Waals surface area contributed by atoms with Gasteiger partial charge in [-0.1, -0.05) is 0 Å². The molecule has 1 aromatic rings. The minimum absolute atomic E-state index is 0.675. The highest BCUT2D eigenvalue weighted by Crippen LogP contribution is 2.19. The van der Waals surface area contributed by atoms with Crippen molar-refractivity contribution in [1.82, 2.24) is 14.9 Å². The van der Waals surface area contributed by atoms with Gasteiger partial charge < -0.3 is 9.88 Å². The Morgan fingerprint density at radius 2 is 2.25 bits per heavy atom. The lowest BCUT2D eigenvalue weighted by molar-refractivity contribution is 0.363. The standard InChI is InChI=1S/C9H15N3/c1-8-11-6-7-12(8)9-2-4-10-5-3-9/h6-7,9-10H,2-5H2,1H3. The molecule has 1 saturated heterocycles. The van der Waals surface area contributed by atoms with E-state index in [0.717, 1.165) is 18.9 Å². The van der Waals surface area contributed by atoms with Crippen LogP contribution in [-0.2, 0) is 0 Å². The zero-order chi connectivity index (χ0) is 8.39. The fourth-order valence-corrected chi connectivity index (χ4v) is 1.86. The smallest absolute Gasteiger partial charge is 0.105 e. The van der Waals surface area contributed by atoms with Crippen LogP contribution in [0.3, 0.4) is 0 Å². The molecule has 66 valence electrons. The van der Waals surface area contributed by atoms with E-state index in [2.05, 4.69) is 28.0 Å². The Hall–Kier alpha value is -0.830. The van der Waals surface area contributed by atoms with Gasteiger partial charge in [-0.3, -0.25) is 0 Å². The Bertz CT molecular complexity index is 248. The summed E-state index contributed by atoms with van der Waals surface area (Å²) in [4.78, 5) is 4.23. The van der Waals surface area contributed by atoms with Gasteiger partial charge in [-0.15, -0.1) is 0 Å². The second-order valence-electron chi connectivity index (χ2n) is 3.36. The van der Waals surface area contributed by atoms with E-state index in [1.807, 2.05) is 6.20 Å². The molecule has 0 aliphatic carbocycles. The predicted octanol–water partition coefficient (Wildman–Crippen LogP) is 1.12. The van der Waals surface area contributed by atoms with Gasteiger partial charge in [0, 0.05) is 18.4 Å². The largest absolute Gasteiger partial charge is 0.332 e. The first-order chi connectivity index (χ1) is 5.88. The van der Waals surface area contributed by atoms with Crippen LogP contribution in [0.2, 0.25) is 0 Å². The average Bonchev–Trinajstić information content (AvgIpc) is 2.53. The Kier molecular flexibility index (Phi) is 2.13. The minimum atomic E-state index is 0.675. The molecule has 1 aliphatic rings. The maximum atomic E-state index is 4.23. The van der Waals surface area contributed by atoms with Crippen LogP contribution in [0.5, 0.6) is 0 Å². The molecular formula is C9H15N3. The summed E-state index contributed by atoms with van der Waals surface area (Å²) in [6.45, 7) is 4.35. The molecule has 3 heteroatoms. The van der Waals surface area contributed by atoms with E-state index >= 15 is 0 Å². The number of piperidine rings is 1. The number of aromatic nitrogens is 2. The summed E-state index contributed by atoms with van der Waals surface area (Å²) >= 11 is 0. The van der Waals surface area contributed by atoms with E-state index < -0.39 is 0 Å². The van der Waals surface area contributed by atoms with Crippen LogP contribution in [0, 0.1) is 6.92 Å². The van der Waals surface area contributed by atoms with Gasteiger partial charge in [-0.25, -0.2) is 4.98 Å². The van der Waals surface area contributed by atoms with E-state index in [1.165, 1.54) is 12.8 Å². The molecule has 2 rings (SSSR count).